The number of rotatable bonds is 2. The predicted molar refractivity (Wildman–Crippen MR) is 85.5 cm³/mol. The van der Waals surface area contributed by atoms with E-state index in [0.717, 1.165) is 37.8 Å². The van der Waals surface area contributed by atoms with Crippen LogP contribution in [0.25, 0.3) is 0 Å². The van der Waals surface area contributed by atoms with Gasteiger partial charge in [0.1, 0.15) is 0 Å². The summed E-state index contributed by atoms with van der Waals surface area (Å²) < 4.78 is 26.5. The van der Waals surface area contributed by atoms with Gasteiger partial charge in [-0.15, -0.1) is 0 Å². The molecule has 0 aromatic heterocycles. The average molecular weight is 336 g/mol. The van der Waals surface area contributed by atoms with Crippen molar-refractivity contribution in [2.24, 2.45) is 0 Å². The number of nitrogens with zero attached hydrogens (tertiary/aromatic N) is 2. The number of carbonyl (C=O) groups excluding carboxylic acids is 2. The van der Waals surface area contributed by atoms with Crippen molar-refractivity contribution < 1.29 is 18.4 Å². The van der Waals surface area contributed by atoms with Crippen LogP contribution < -0.4 is 0 Å². The Morgan fingerprint density at radius 3 is 2.67 bits per heavy atom. The third kappa shape index (κ3) is 2.89. The molecule has 3 rings (SSSR count). The summed E-state index contributed by atoms with van der Waals surface area (Å²) in [5, 5.41) is 0. The van der Waals surface area contributed by atoms with Crippen molar-refractivity contribution in [1.29, 1.82) is 0 Å². The monoisotopic (exact) mass is 336 g/mol. The first-order valence-corrected chi connectivity index (χ1v) is 8.52. The number of carbonyl (C=O) groups is 2. The fourth-order valence-electron chi connectivity index (χ4n) is 4.14. The highest BCUT2D eigenvalue weighted by atomic mass is 19.2. The molecule has 1 spiro atoms. The van der Waals surface area contributed by atoms with Gasteiger partial charge >= 0.3 is 0 Å². The maximum absolute atomic E-state index is 13.4. The molecule has 2 fully saturated rings. The molecule has 1 aromatic rings. The van der Waals surface area contributed by atoms with Crippen molar-refractivity contribution in [3.63, 3.8) is 0 Å². The van der Waals surface area contributed by atoms with Crippen LogP contribution in [0, 0.1) is 11.6 Å². The van der Waals surface area contributed by atoms with E-state index in [1.807, 2.05) is 11.8 Å². The molecule has 4 nitrogen and oxygen atoms in total. The number of halogens is 2. The highest BCUT2D eigenvalue weighted by Crippen LogP contribution is 2.37. The Bertz CT molecular complexity index is 660. The van der Waals surface area contributed by atoms with Crippen LogP contribution in [-0.4, -0.2) is 46.8 Å². The molecule has 2 heterocycles. The standard InChI is InChI=1S/C18H22F2N2O2/c1-2-22-16(23)5-3-8-18(22)9-4-10-21(12-18)17(24)13-6-7-14(19)15(20)11-13/h6-7,11H,2-5,8-10,12H2,1H3. The van der Waals surface area contributed by atoms with Gasteiger partial charge in [0.25, 0.3) is 5.91 Å². The molecule has 2 saturated heterocycles. The molecule has 2 aliphatic rings. The van der Waals surface area contributed by atoms with E-state index in [0.29, 0.717) is 26.1 Å². The lowest BCUT2D eigenvalue weighted by Gasteiger charge is -2.52. The first kappa shape index (κ1) is 16.9. The molecule has 0 aliphatic carbocycles. The number of likely N-dealkylation sites (N-methyl/N-ethyl adjacent to an activating group) is 1. The fraction of sp³-hybridized carbons (Fsp3) is 0.556. The fourth-order valence-corrected chi connectivity index (χ4v) is 4.14. The van der Waals surface area contributed by atoms with E-state index in [4.69, 9.17) is 0 Å². The minimum Gasteiger partial charge on any atom is -0.336 e. The van der Waals surface area contributed by atoms with Crippen LogP contribution >= 0.6 is 0 Å². The maximum Gasteiger partial charge on any atom is 0.254 e. The van der Waals surface area contributed by atoms with Gasteiger partial charge in [-0.05, 0) is 50.8 Å². The van der Waals surface area contributed by atoms with Gasteiger partial charge < -0.3 is 9.80 Å². The summed E-state index contributed by atoms with van der Waals surface area (Å²) in [6, 6.07) is 3.24. The smallest absolute Gasteiger partial charge is 0.254 e. The second kappa shape index (κ2) is 6.49. The first-order chi connectivity index (χ1) is 11.5. The van der Waals surface area contributed by atoms with Gasteiger partial charge in [0.05, 0.1) is 5.54 Å². The summed E-state index contributed by atoms with van der Waals surface area (Å²) in [6.45, 7) is 3.63. The minimum atomic E-state index is -1.02. The van der Waals surface area contributed by atoms with Crippen LogP contribution in [0.4, 0.5) is 8.78 Å². The molecular weight excluding hydrogens is 314 g/mol. The number of likely N-dealkylation sites (tertiary alicyclic amines) is 2. The Balaban J connectivity index is 1.83. The van der Waals surface area contributed by atoms with Crippen LogP contribution in [0.2, 0.25) is 0 Å². The molecule has 0 bridgehead atoms. The van der Waals surface area contributed by atoms with E-state index in [9.17, 15) is 18.4 Å². The van der Waals surface area contributed by atoms with Crippen molar-refractivity contribution in [3.05, 3.63) is 35.4 Å². The summed E-state index contributed by atoms with van der Waals surface area (Å²) in [4.78, 5) is 28.5. The van der Waals surface area contributed by atoms with Gasteiger partial charge in [-0.3, -0.25) is 9.59 Å². The van der Waals surface area contributed by atoms with E-state index < -0.39 is 11.6 Å². The zero-order chi connectivity index (χ0) is 17.3. The molecule has 0 radical (unpaired) electrons. The number of piperidine rings is 2. The van der Waals surface area contributed by atoms with Crippen molar-refractivity contribution in [2.75, 3.05) is 19.6 Å². The van der Waals surface area contributed by atoms with E-state index in [1.54, 1.807) is 4.90 Å². The topological polar surface area (TPSA) is 40.6 Å². The third-order valence-electron chi connectivity index (χ3n) is 5.23. The Hall–Kier alpha value is -1.98. The molecule has 2 aliphatic heterocycles. The highest BCUT2D eigenvalue weighted by Gasteiger charge is 2.45. The number of amides is 2. The summed E-state index contributed by atoms with van der Waals surface area (Å²) in [7, 11) is 0. The molecule has 130 valence electrons. The normalized spacial score (nSPS) is 24.5. The first-order valence-electron chi connectivity index (χ1n) is 8.52. The maximum atomic E-state index is 13.4. The molecule has 0 N–H and O–H groups in total. The second-order valence-electron chi connectivity index (χ2n) is 6.68. The van der Waals surface area contributed by atoms with E-state index in [1.165, 1.54) is 6.07 Å². The lowest BCUT2D eigenvalue weighted by Crippen LogP contribution is -2.63. The van der Waals surface area contributed by atoms with Crippen LogP contribution in [0.3, 0.4) is 0 Å². The SMILES string of the molecule is CCN1C(=O)CCCC12CCCN(C(=O)c1ccc(F)c(F)c1)C2. The lowest BCUT2D eigenvalue weighted by atomic mass is 9.79. The Morgan fingerprint density at radius 1 is 1.21 bits per heavy atom. The van der Waals surface area contributed by atoms with E-state index >= 15 is 0 Å². The van der Waals surface area contributed by atoms with Crippen LogP contribution in [0.5, 0.6) is 0 Å². The van der Waals surface area contributed by atoms with E-state index in [2.05, 4.69) is 0 Å². The molecule has 0 saturated carbocycles. The van der Waals surface area contributed by atoms with Crippen LogP contribution in [0.15, 0.2) is 18.2 Å². The van der Waals surface area contributed by atoms with Gasteiger partial charge in [-0.25, -0.2) is 8.78 Å². The van der Waals surface area contributed by atoms with Crippen molar-refractivity contribution in [2.45, 2.75) is 44.6 Å². The number of hydrogen-bond acceptors (Lipinski definition) is 2. The molecule has 1 unspecified atom stereocenters. The number of hydrogen-bond donors (Lipinski definition) is 0. The van der Waals surface area contributed by atoms with Crippen molar-refractivity contribution in [1.82, 2.24) is 9.80 Å². The largest absolute Gasteiger partial charge is 0.336 e. The molecule has 24 heavy (non-hydrogen) atoms. The minimum absolute atomic E-state index is 0.144. The molecular formula is C18H22F2N2O2. The summed E-state index contributed by atoms with van der Waals surface area (Å²) in [5.74, 6) is -2.14. The number of benzene rings is 1. The van der Waals surface area contributed by atoms with Gasteiger partial charge in [-0.1, -0.05) is 0 Å². The Labute approximate surface area is 140 Å². The van der Waals surface area contributed by atoms with Gasteiger partial charge in [0.15, 0.2) is 11.6 Å². The van der Waals surface area contributed by atoms with Gasteiger partial charge in [0.2, 0.25) is 5.91 Å². The highest BCUT2D eigenvalue weighted by molar-refractivity contribution is 5.94. The Morgan fingerprint density at radius 2 is 1.96 bits per heavy atom. The summed E-state index contributed by atoms with van der Waals surface area (Å²) in [5.41, 5.74) is -0.160. The third-order valence-corrected chi connectivity index (χ3v) is 5.23. The molecule has 1 atom stereocenters. The second-order valence-corrected chi connectivity index (χ2v) is 6.68. The molecule has 6 heteroatoms. The summed E-state index contributed by atoms with van der Waals surface area (Å²) in [6.07, 6.45) is 3.97. The van der Waals surface area contributed by atoms with E-state index in [-0.39, 0.29) is 22.9 Å². The average Bonchev–Trinajstić information content (AvgIpc) is 2.57. The van der Waals surface area contributed by atoms with Gasteiger partial charge in [0, 0.05) is 31.6 Å². The summed E-state index contributed by atoms with van der Waals surface area (Å²) >= 11 is 0. The van der Waals surface area contributed by atoms with Crippen LogP contribution in [-0.2, 0) is 4.79 Å². The quantitative estimate of drug-likeness (QED) is 0.833. The zero-order valence-electron chi connectivity index (χ0n) is 13.9. The lowest BCUT2D eigenvalue weighted by molar-refractivity contribution is -0.144. The predicted octanol–water partition coefficient (Wildman–Crippen LogP) is 2.97. The van der Waals surface area contributed by atoms with Crippen molar-refractivity contribution in [3.8, 4) is 0 Å². The van der Waals surface area contributed by atoms with Crippen LogP contribution in [0.1, 0.15) is 49.4 Å². The zero-order valence-corrected chi connectivity index (χ0v) is 13.9. The van der Waals surface area contributed by atoms with Crippen molar-refractivity contribution >= 4 is 11.8 Å². The van der Waals surface area contributed by atoms with Gasteiger partial charge in [-0.2, -0.15) is 0 Å². The molecule has 1 aromatic carbocycles. The molecule has 2 amide bonds. The Kier molecular flexibility index (Phi) is 4.56.